The summed E-state index contributed by atoms with van der Waals surface area (Å²) in [5.41, 5.74) is -2.57. The van der Waals surface area contributed by atoms with Crippen LogP contribution in [0.3, 0.4) is 0 Å². The lowest BCUT2D eigenvalue weighted by atomic mass is 9.50. The zero-order valence-electron chi connectivity index (χ0n) is 20.2. The number of rotatable bonds is 12. The predicted molar refractivity (Wildman–Crippen MR) is 123 cm³/mol. The van der Waals surface area contributed by atoms with Crippen LogP contribution < -0.4 is 11.1 Å². The molecule has 0 bridgehead atoms. The summed E-state index contributed by atoms with van der Waals surface area (Å²) < 4.78 is 82.9. The lowest BCUT2D eigenvalue weighted by Gasteiger charge is -2.57. The molecule has 14 heteroatoms. The Morgan fingerprint density at radius 2 is 1.76 bits per heavy atom. The van der Waals surface area contributed by atoms with E-state index in [0.29, 0.717) is 12.1 Å². The number of carbonyl (C=O) groups is 2. The van der Waals surface area contributed by atoms with Crippen molar-refractivity contribution in [1.29, 1.82) is 0 Å². The van der Waals surface area contributed by atoms with Gasteiger partial charge >= 0.3 is 18.1 Å². The smallest absolute Gasteiger partial charge is 0.418 e. The van der Waals surface area contributed by atoms with Crippen LogP contribution in [0.15, 0.2) is 12.1 Å². The second-order valence-electron chi connectivity index (χ2n) is 8.94. The number of hydrogen-bond donors (Lipinski definition) is 4. The van der Waals surface area contributed by atoms with Gasteiger partial charge in [-0.3, -0.25) is 9.59 Å². The summed E-state index contributed by atoms with van der Waals surface area (Å²) in [7, 11) is 0. The summed E-state index contributed by atoms with van der Waals surface area (Å²) in [5, 5.41) is 22.3. The van der Waals surface area contributed by atoms with E-state index < -0.39 is 88.6 Å². The highest BCUT2D eigenvalue weighted by molar-refractivity contribution is 6.31. The highest BCUT2D eigenvalue weighted by atomic mass is 35.5. The number of nitrogens with two attached hydrogens (primary N) is 1. The number of piperidine rings is 1. The molecule has 0 amide bonds. The van der Waals surface area contributed by atoms with Crippen molar-refractivity contribution < 1.29 is 51.2 Å². The summed E-state index contributed by atoms with van der Waals surface area (Å²) in [6.07, 6.45) is -5.74. The zero-order valence-corrected chi connectivity index (χ0v) is 21.0. The molecule has 1 aliphatic rings. The molecule has 5 N–H and O–H groups in total. The van der Waals surface area contributed by atoms with Crippen molar-refractivity contribution >= 4 is 23.5 Å². The van der Waals surface area contributed by atoms with Crippen LogP contribution in [0.1, 0.15) is 37.3 Å². The molecule has 210 valence electrons. The van der Waals surface area contributed by atoms with Crippen molar-refractivity contribution in [2.45, 2.75) is 44.4 Å². The summed E-state index contributed by atoms with van der Waals surface area (Å²) >= 11 is 5.83. The Bertz CT molecular complexity index is 984. The van der Waals surface area contributed by atoms with Crippen molar-refractivity contribution in [3.8, 4) is 0 Å². The van der Waals surface area contributed by atoms with Crippen LogP contribution in [0.4, 0.5) is 22.0 Å². The van der Waals surface area contributed by atoms with Crippen LogP contribution in [0.25, 0.3) is 0 Å². The Morgan fingerprint density at radius 3 is 2.24 bits per heavy atom. The molecule has 5 unspecified atom stereocenters. The Labute approximate surface area is 215 Å². The number of aliphatic carboxylic acids is 2. The molecule has 1 saturated heterocycles. The molecule has 1 aromatic carbocycles. The normalized spacial score (nSPS) is 28.3. The minimum absolute atomic E-state index is 0.0556. The third-order valence-electron chi connectivity index (χ3n) is 7.09. The van der Waals surface area contributed by atoms with Crippen molar-refractivity contribution in [3.63, 3.8) is 0 Å². The summed E-state index contributed by atoms with van der Waals surface area (Å²) in [4.78, 5) is 25.5. The van der Waals surface area contributed by atoms with E-state index in [9.17, 15) is 37.4 Å². The maximum atomic E-state index is 15.4. The van der Waals surface area contributed by atoms with E-state index in [1.54, 1.807) is 0 Å². The Kier molecular flexibility index (Phi) is 10.3. The van der Waals surface area contributed by atoms with E-state index in [1.165, 1.54) is 6.92 Å². The molecule has 0 aromatic heterocycles. The van der Waals surface area contributed by atoms with Gasteiger partial charge in [-0.15, -0.1) is 0 Å². The van der Waals surface area contributed by atoms with Crippen LogP contribution in [-0.2, 0) is 25.2 Å². The molecule has 0 radical (unpaired) electrons. The van der Waals surface area contributed by atoms with E-state index in [2.05, 4.69) is 5.32 Å². The molecule has 0 aliphatic carbocycles. The average Bonchev–Trinajstić information content (AvgIpc) is 2.81. The first-order valence-electron chi connectivity index (χ1n) is 11.4. The molecule has 8 nitrogen and oxygen atoms in total. The fraction of sp³-hybridized carbons (Fsp3) is 0.652. The molecule has 1 heterocycles. The third kappa shape index (κ3) is 5.70. The first-order valence-corrected chi connectivity index (χ1v) is 11.8. The second-order valence-corrected chi connectivity index (χ2v) is 9.34. The molecule has 2 rings (SSSR count). The Morgan fingerprint density at radius 1 is 1.14 bits per heavy atom. The van der Waals surface area contributed by atoms with Gasteiger partial charge in [0.15, 0.2) is 0 Å². The maximum absolute atomic E-state index is 15.4. The first kappa shape index (κ1) is 31.2. The average molecular weight is 561 g/mol. The van der Waals surface area contributed by atoms with Gasteiger partial charge in [-0.05, 0) is 25.5 Å². The molecule has 1 aliphatic heterocycles. The molecular weight excluding hydrogens is 531 g/mol. The van der Waals surface area contributed by atoms with E-state index >= 15 is 4.39 Å². The number of ether oxygens (including phenoxy) is 2. The lowest BCUT2D eigenvalue weighted by molar-refractivity contribution is -0.177. The first-order chi connectivity index (χ1) is 17.2. The number of carboxylic acids is 2. The monoisotopic (exact) mass is 560 g/mol. The fourth-order valence-electron chi connectivity index (χ4n) is 5.25. The summed E-state index contributed by atoms with van der Waals surface area (Å²) in [6.45, 7) is 0.782. The highest BCUT2D eigenvalue weighted by Crippen LogP contribution is 2.59. The fourth-order valence-corrected chi connectivity index (χ4v) is 5.52. The van der Waals surface area contributed by atoms with Crippen LogP contribution in [-0.4, -0.2) is 73.9 Å². The van der Waals surface area contributed by atoms with E-state index in [1.807, 2.05) is 0 Å². The molecule has 1 aromatic rings. The van der Waals surface area contributed by atoms with Crippen LogP contribution >= 0.6 is 11.6 Å². The molecule has 0 spiro atoms. The van der Waals surface area contributed by atoms with Gasteiger partial charge in [-0.25, -0.2) is 8.78 Å². The SMILES string of the molecule is CCC1(C(=O)O)C(COCCOCCN)NC(CF)C(C)(C(=O)O)C1c1c(F)ccc(Cl)c1C(F)(F)F. The molecule has 0 saturated carbocycles. The Balaban J connectivity index is 2.84. The molecular formula is C23H30ClF5N2O6. The number of alkyl halides is 4. The summed E-state index contributed by atoms with van der Waals surface area (Å²) in [5.74, 6) is -7.24. The van der Waals surface area contributed by atoms with Crippen molar-refractivity contribution in [2.24, 2.45) is 16.6 Å². The van der Waals surface area contributed by atoms with Crippen molar-refractivity contribution in [2.75, 3.05) is 39.6 Å². The van der Waals surface area contributed by atoms with Gasteiger partial charge < -0.3 is 30.7 Å². The Hall–Kier alpha value is -2.06. The van der Waals surface area contributed by atoms with Crippen LogP contribution in [0, 0.1) is 16.6 Å². The van der Waals surface area contributed by atoms with Gasteiger partial charge in [-0.2, -0.15) is 13.2 Å². The number of halogens is 6. The predicted octanol–water partition coefficient (Wildman–Crippen LogP) is 3.46. The molecule has 1 fully saturated rings. The third-order valence-corrected chi connectivity index (χ3v) is 7.41. The van der Waals surface area contributed by atoms with Gasteiger partial charge in [0.2, 0.25) is 0 Å². The zero-order chi connectivity index (χ0) is 28.2. The van der Waals surface area contributed by atoms with E-state index in [-0.39, 0.29) is 26.4 Å². The number of carboxylic acid groups (broad SMARTS) is 2. The standard InChI is InChI=1S/C23H30ClF5N2O6/c1-3-22(20(34)35)15(11-37-9-8-36-7-6-30)31-14(10-25)21(2,19(32)33)18(22)16-13(26)5-4-12(24)17(16)23(27,28)29/h4-5,14-15,18,31H,3,6-11,30H2,1-2H3,(H,32,33)(H,34,35). The van der Waals surface area contributed by atoms with Gasteiger partial charge in [0.1, 0.15) is 12.5 Å². The van der Waals surface area contributed by atoms with Crippen molar-refractivity contribution in [3.05, 3.63) is 34.1 Å². The lowest BCUT2D eigenvalue weighted by Crippen LogP contribution is -2.72. The molecule has 37 heavy (non-hydrogen) atoms. The largest absolute Gasteiger partial charge is 0.481 e. The van der Waals surface area contributed by atoms with Crippen LogP contribution in [0.2, 0.25) is 5.02 Å². The molecule has 5 atom stereocenters. The van der Waals surface area contributed by atoms with Crippen LogP contribution in [0.5, 0.6) is 0 Å². The number of benzene rings is 1. The number of hydrogen-bond acceptors (Lipinski definition) is 6. The van der Waals surface area contributed by atoms with Gasteiger partial charge in [0.25, 0.3) is 0 Å². The van der Waals surface area contributed by atoms with Gasteiger partial charge in [-0.1, -0.05) is 18.5 Å². The summed E-state index contributed by atoms with van der Waals surface area (Å²) in [6, 6.07) is -1.87. The highest BCUT2D eigenvalue weighted by Gasteiger charge is 2.68. The maximum Gasteiger partial charge on any atom is 0.418 e. The topological polar surface area (TPSA) is 131 Å². The van der Waals surface area contributed by atoms with Crippen molar-refractivity contribution in [1.82, 2.24) is 5.32 Å². The van der Waals surface area contributed by atoms with Gasteiger partial charge in [0, 0.05) is 24.1 Å². The second kappa shape index (κ2) is 12.2. The number of nitrogens with one attached hydrogen (secondary N) is 1. The quantitative estimate of drug-likeness (QED) is 0.226. The van der Waals surface area contributed by atoms with E-state index in [0.717, 1.165) is 6.92 Å². The van der Waals surface area contributed by atoms with E-state index in [4.69, 9.17) is 26.8 Å². The minimum atomic E-state index is -5.28. The van der Waals surface area contributed by atoms with Gasteiger partial charge in [0.05, 0.1) is 53.9 Å². The minimum Gasteiger partial charge on any atom is -0.481 e.